The van der Waals surface area contributed by atoms with E-state index >= 15 is 0 Å². The molecule has 0 unspecified atom stereocenters. The van der Waals surface area contributed by atoms with Gasteiger partial charge in [0.05, 0.1) is 19.0 Å². The van der Waals surface area contributed by atoms with E-state index in [2.05, 4.69) is 9.62 Å². The van der Waals surface area contributed by atoms with E-state index in [1.54, 1.807) is 0 Å². The van der Waals surface area contributed by atoms with E-state index in [1.807, 2.05) is 13.8 Å². The number of ether oxygens (including phenoxy) is 1. The van der Waals surface area contributed by atoms with Crippen LogP contribution in [0.3, 0.4) is 0 Å². The molecule has 1 aliphatic heterocycles. The van der Waals surface area contributed by atoms with Crippen LogP contribution in [0.15, 0.2) is 0 Å². The lowest BCUT2D eigenvalue weighted by atomic mass is 10.0. The van der Waals surface area contributed by atoms with Crippen molar-refractivity contribution in [2.75, 3.05) is 44.5 Å². The first-order valence-corrected chi connectivity index (χ1v) is 8.42. The molecule has 1 rings (SSSR count). The van der Waals surface area contributed by atoms with Gasteiger partial charge in [0.2, 0.25) is 10.0 Å². The molecule has 0 aliphatic carbocycles. The van der Waals surface area contributed by atoms with E-state index < -0.39 is 10.0 Å². The number of morpholine rings is 1. The molecule has 5 nitrogen and oxygen atoms in total. The van der Waals surface area contributed by atoms with Gasteiger partial charge in [-0.05, 0) is 20.3 Å². The quantitative estimate of drug-likeness (QED) is 0.701. The van der Waals surface area contributed by atoms with E-state index in [1.165, 1.54) is 0 Å². The zero-order valence-electron chi connectivity index (χ0n) is 11.1. The van der Waals surface area contributed by atoms with Gasteiger partial charge in [0.25, 0.3) is 0 Å². The van der Waals surface area contributed by atoms with Gasteiger partial charge in [-0.2, -0.15) is 0 Å². The number of halogens is 1. The topological polar surface area (TPSA) is 58.6 Å². The summed E-state index contributed by atoms with van der Waals surface area (Å²) >= 11 is 5.51. The van der Waals surface area contributed by atoms with Gasteiger partial charge in [-0.1, -0.05) is 0 Å². The summed E-state index contributed by atoms with van der Waals surface area (Å²) in [6, 6.07) is 0. The highest BCUT2D eigenvalue weighted by atomic mass is 35.5. The van der Waals surface area contributed by atoms with Crippen LogP contribution in [-0.2, 0) is 14.8 Å². The summed E-state index contributed by atoms with van der Waals surface area (Å²) in [5.41, 5.74) is -0.197. The zero-order chi connectivity index (χ0) is 13.6. The number of hydrogen-bond acceptors (Lipinski definition) is 4. The molecule has 1 N–H and O–H groups in total. The summed E-state index contributed by atoms with van der Waals surface area (Å²) in [4.78, 5) is 2.25. The summed E-state index contributed by atoms with van der Waals surface area (Å²) in [7, 11) is -3.21. The van der Waals surface area contributed by atoms with Crippen LogP contribution in [0.4, 0.5) is 0 Å². The van der Waals surface area contributed by atoms with Crippen LogP contribution in [0.25, 0.3) is 0 Å². The minimum Gasteiger partial charge on any atom is -0.379 e. The van der Waals surface area contributed by atoms with Gasteiger partial charge in [0, 0.05) is 31.1 Å². The van der Waals surface area contributed by atoms with Gasteiger partial charge in [0.1, 0.15) is 0 Å². The molecular weight excluding hydrogens is 276 g/mol. The average Bonchev–Trinajstić information content (AvgIpc) is 2.36. The Morgan fingerprint density at radius 2 is 1.94 bits per heavy atom. The maximum atomic E-state index is 11.7. The molecule has 108 valence electrons. The van der Waals surface area contributed by atoms with Gasteiger partial charge in [0.15, 0.2) is 0 Å². The lowest BCUT2D eigenvalue weighted by Gasteiger charge is -2.40. The molecule has 0 saturated carbocycles. The molecule has 7 heteroatoms. The third-order valence-corrected chi connectivity index (χ3v) is 4.82. The van der Waals surface area contributed by atoms with Crippen molar-refractivity contribution in [1.82, 2.24) is 9.62 Å². The Morgan fingerprint density at radius 1 is 1.33 bits per heavy atom. The van der Waals surface area contributed by atoms with Crippen LogP contribution < -0.4 is 4.72 Å². The van der Waals surface area contributed by atoms with Crippen LogP contribution in [0, 0.1) is 0 Å². The highest BCUT2D eigenvalue weighted by Gasteiger charge is 2.29. The van der Waals surface area contributed by atoms with Crippen molar-refractivity contribution in [2.24, 2.45) is 0 Å². The Bertz CT molecular complexity index is 340. The minimum atomic E-state index is -3.21. The molecule has 0 spiro atoms. The summed E-state index contributed by atoms with van der Waals surface area (Å²) < 4.78 is 31.4. The lowest BCUT2D eigenvalue weighted by Crippen LogP contribution is -2.55. The fraction of sp³-hybridized carbons (Fsp3) is 1.00. The predicted octanol–water partition coefficient (Wildman–Crippen LogP) is 0.646. The second-order valence-electron chi connectivity index (χ2n) is 5.09. The zero-order valence-corrected chi connectivity index (χ0v) is 12.7. The third kappa shape index (κ3) is 5.40. The summed E-state index contributed by atoms with van der Waals surface area (Å²) in [5.74, 6) is 0.462. The van der Waals surface area contributed by atoms with E-state index in [-0.39, 0.29) is 11.3 Å². The Morgan fingerprint density at radius 3 is 2.50 bits per heavy atom. The molecule has 1 heterocycles. The molecule has 1 aliphatic rings. The normalized spacial score (nSPS) is 19.1. The summed E-state index contributed by atoms with van der Waals surface area (Å²) in [6.07, 6.45) is 0.481. The van der Waals surface area contributed by atoms with Crippen molar-refractivity contribution >= 4 is 21.6 Å². The number of rotatable bonds is 7. The monoisotopic (exact) mass is 298 g/mol. The van der Waals surface area contributed by atoms with Crippen molar-refractivity contribution in [1.29, 1.82) is 0 Å². The van der Waals surface area contributed by atoms with Crippen LogP contribution in [-0.4, -0.2) is 63.3 Å². The average molecular weight is 299 g/mol. The maximum Gasteiger partial charge on any atom is 0.211 e. The molecule has 0 amide bonds. The van der Waals surface area contributed by atoms with Gasteiger partial charge >= 0.3 is 0 Å². The first-order chi connectivity index (χ1) is 8.37. The Balaban J connectivity index is 2.44. The molecule has 0 aromatic heterocycles. The number of nitrogens with one attached hydrogen (secondary N) is 1. The number of alkyl halides is 1. The fourth-order valence-electron chi connectivity index (χ4n) is 1.88. The van der Waals surface area contributed by atoms with Crippen LogP contribution in [0.1, 0.15) is 20.3 Å². The Labute approximate surface area is 115 Å². The lowest BCUT2D eigenvalue weighted by molar-refractivity contribution is -0.00803. The molecule has 0 aromatic rings. The second kappa shape index (κ2) is 7.05. The molecular formula is C11H23ClN2O3S. The van der Waals surface area contributed by atoms with Crippen LogP contribution >= 0.6 is 11.6 Å². The summed E-state index contributed by atoms with van der Waals surface area (Å²) in [5, 5.41) is 0. The van der Waals surface area contributed by atoms with Crippen molar-refractivity contribution in [3.63, 3.8) is 0 Å². The smallest absolute Gasteiger partial charge is 0.211 e. The van der Waals surface area contributed by atoms with Gasteiger partial charge in [-0.25, -0.2) is 13.1 Å². The van der Waals surface area contributed by atoms with Crippen molar-refractivity contribution in [3.8, 4) is 0 Å². The Kier molecular flexibility index (Phi) is 6.34. The highest BCUT2D eigenvalue weighted by Crippen LogP contribution is 2.15. The number of sulfonamides is 1. The van der Waals surface area contributed by atoms with E-state index in [0.29, 0.717) is 32.1 Å². The minimum absolute atomic E-state index is 0.0929. The maximum absolute atomic E-state index is 11.7. The van der Waals surface area contributed by atoms with Crippen molar-refractivity contribution in [2.45, 2.75) is 25.8 Å². The van der Waals surface area contributed by atoms with E-state index in [0.717, 1.165) is 13.1 Å². The SMILES string of the molecule is CC(C)(CNS(=O)(=O)CCCCl)N1CCOCC1. The first-order valence-electron chi connectivity index (χ1n) is 6.23. The number of hydrogen-bond donors (Lipinski definition) is 1. The molecule has 0 radical (unpaired) electrons. The highest BCUT2D eigenvalue weighted by molar-refractivity contribution is 7.89. The molecule has 18 heavy (non-hydrogen) atoms. The molecule has 0 aromatic carbocycles. The molecule has 1 saturated heterocycles. The largest absolute Gasteiger partial charge is 0.379 e. The van der Waals surface area contributed by atoms with Gasteiger partial charge in [-0.3, -0.25) is 4.90 Å². The van der Waals surface area contributed by atoms with Crippen molar-refractivity contribution < 1.29 is 13.2 Å². The molecule has 0 atom stereocenters. The fourth-order valence-corrected chi connectivity index (χ4v) is 3.42. The molecule has 1 fully saturated rings. The predicted molar refractivity (Wildman–Crippen MR) is 73.6 cm³/mol. The second-order valence-corrected chi connectivity index (χ2v) is 7.40. The summed E-state index contributed by atoms with van der Waals surface area (Å²) in [6.45, 7) is 7.61. The van der Waals surface area contributed by atoms with Crippen LogP contribution in [0.5, 0.6) is 0 Å². The third-order valence-electron chi connectivity index (χ3n) is 3.14. The van der Waals surface area contributed by atoms with Gasteiger partial charge in [-0.15, -0.1) is 11.6 Å². The van der Waals surface area contributed by atoms with E-state index in [4.69, 9.17) is 16.3 Å². The standard InChI is InChI=1S/C11H23ClN2O3S/c1-11(2,14-5-7-17-8-6-14)10-13-18(15,16)9-3-4-12/h13H,3-10H2,1-2H3. The van der Waals surface area contributed by atoms with Crippen molar-refractivity contribution in [3.05, 3.63) is 0 Å². The van der Waals surface area contributed by atoms with Crippen LogP contribution in [0.2, 0.25) is 0 Å². The van der Waals surface area contributed by atoms with E-state index in [9.17, 15) is 8.42 Å². The number of nitrogens with zero attached hydrogens (tertiary/aromatic N) is 1. The Hall–Kier alpha value is 0.120. The first kappa shape index (κ1) is 16.2. The molecule has 0 bridgehead atoms. The van der Waals surface area contributed by atoms with Gasteiger partial charge < -0.3 is 4.74 Å².